The first kappa shape index (κ1) is 10.2. The van der Waals surface area contributed by atoms with Crippen molar-refractivity contribution in [2.45, 2.75) is 33.1 Å². The standard InChI is InChI=1S/C13H18N2/c1-5-10-6-7-12-11(8-10)13(9(2)3)15(4)14-12/h6-9H,5H2,1-4H3. The number of aryl methyl sites for hydroxylation is 2. The van der Waals surface area contributed by atoms with Crippen molar-refractivity contribution in [1.29, 1.82) is 0 Å². The highest BCUT2D eigenvalue weighted by Crippen LogP contribution is 2.25. The minimum absolute atomic E-state index is 0.520. The molecule has 0 fully saturated rings. The van der Waals surface area contributed by atoms with Crippen LogP contribution in [0.1, 0.15) is 37.9 Å². The largest absolute Gasteiger partial charge is 0.271 e. The molecule has 0 saturated heterocycles. The Morgan fingerprint density at radius 2 is 2.07 bits per heavy atom. The van der Waals surface area contributed by atoms with E-state index >= 15 is 0 Å². The Morgan fingerprint density at radius 3 is 2.67 bits per heavy atom. The molecule has 1 aromatic carbocycles. The van der Waals surface area contributed by atoms with Crippen LogP contribution in [0.3, 0.4) is 0 Å². The summed E-state index contributed by atoms with van der Waals surface area (Å²) in [6, 6.07) is 6.57. The van der Waals surface area contributed by atoms with E-state index in [0.717, 1.165) is 11.9 Å². The SMILES string of the molecule is CCc1ccc2nn(C)c(C(C)C)c2c1. The molecule has 0 spiro atoms. The molecular formula is C13H18N2. The Kier molecular flexibility index (Phi) is 2.51. The Balaban J connectivity index is 2.72. The molecule has 2 heteroatoms. The van der Waals surface area contributed by atoms with Gasteiger partial charge in [-0.3, -0.25) is 4.68 Å². The van der Waals surface area contributed by atoms with Crippen LogP contribution in [-0.2, 0) is 13.5 Å². The number of aromatic nitrogens is 2. The zero-order valence-electron chi connectivity index (χ0n) is 9.91. The first-order valence-corrected chi connectivity index (χ1v) is 5.59. The van der Waals surface area contributed by atoms with Crippen LogP contribution in [0.5, 0.6) is 0 Å². The van der Waals surface area contributed by atoms with Gasteiger partial charge in [0.15, 0.2) is 0 Å². The third kappa shape index (κ3) is 1.65. The van der Waals surface area contributed by atoms with Crippen LogP contribution < -0.4 is 0 Å². The molecule has 2 rings (SSSR count). The van der Waals surface area contributed by atoms with E-state index in [-0.39, 0.29) is 0 Å². The zero-order chi connectivity index (χ0) is 11.0. The van der Waals surface area contributed by atoms with Crippen LogP contribution in [0, 0.1) is 0 Å². The Labute approximate surface area is 90.9 Å². The first-order valence-electron chi connectivity index (χ1n) is 5.59. The van der Waals surface area contributed by atoms with Crippen molar-refractivity contribution in [2.24, 2.45) is 7.05 Å². The molecule has 80 valence electrons. The van der Waals surface area contributed by atoms with Crippen LogP contribution in [0.15, 0.2) is 18.2 Å². The van der Waals surface area contributed by atoms with Gasteiger partial charge in [0.2, 0.25) is 0 Å². The number of hydrogen-bond donors (Lipinski definition) is 0. The molecule has 0 atom stereocenters. The van der Waals surface area contributed by atoms with Crippen LogP contribution in [0.2, 0.25) is 0 Å². The van der Waals surface area contributed by atoms with Gasteiger partial charge in [0, 0.05) is 18.1 Å². The van der Waals surface area contributed by atoms with Gasteiger partial charge < -0.3 is 0 Å². The second-order valence-electron chi connectivity index (χ2n) is 4.37. The molecule has 0 N–H and O–H groups in total. The second-order valence-corrected chi connectivity index (χ2v) is 4.37. The molecule has 2 nitrogen and oxygen atoms in total. The van der Waals surface area contributed by atoms with E-state index in [1.165, 1.54) is 16.6 Å². The highest BCUT2D eigenvalue weighted by molar-refractivity contribution is 5.82. The van der Waals surface area contributed by atoms with E-state index in [4.69, 9.17) is 0 Å². The summed E-state index contributed by atoms with van der Waals surface area (Å²) in [7, 11) is 2.03. The Bertz CT molecular complexity index is 480. The van der Waals surface area contributed by atoms with Crippen molar-refractivity contribution in [3.05, 3.63) is 29.5 Å². The number of hydrogen-bond acceptors (Lipinski definition) is 1. The Morgan fingerprint density at radius 1 is 1.33 bits per heavy atom. The molecule has 0 aliphatic carbocycles. The third-order valence-corrected chi connectivity index (χ3v) is 2.90. The quantitative estimate of drug-likeness (QED) is 0.731. The highest BCUT2D eigenvalue weighted by Gasteiger charge is 2.11. The summed E-state index contributed by atoms with van der Waals surface area (Å²) >= 11 is 0. The van der Waals surface area contributed by atoms with Crippen molar-refractivity contribution in [2.75, 3.05) is 0 Å². The number of fused-ring (bicyclic) bond motifs is 1. The number of nitrogens with zero attached hydrogens (tertiary/aromatic N) is 2. The molecular weight excluding hydrogens is 184 g/mol. The molecule has 0 aliphatic rings. The van der Waals surface area contributed by atoms with E-state index in [2.05, 4.69) is 44.1 Å². The monoisotopic (exact) mass is 202 g/mol. The lowest BCUT2D eigenvalue weighted by Crippen LogP contribution is -1.99. The average molecular weight is 202 g/mol. The molecule has 1 heterocycles. The van der Waals surface area contributed by atoms with Gasteiger partial charge >= 0.3 is 0 Å². The minimum Gasteiger partial charge on any atom is -0.271 e. The molecule has 1 aromatic heterocycles. The van der Waals surface area contributed by atoms with Crippen LogP contribution in [0.4, 0.5) is 0 Å². The van der Waals surface area contributed by atoms with E-state index in [0.29, 0.717) is 5.92 Å². The van der Waals surface area contributed by atoms with E-state index in [1.807, 2.05) is 11.7 Å². The number of benzene rings is 1. The van der Waals surface area contributed by atoms with Crippen molar-refractivity contribution in [3.63, 3.8) is 0 Å². The van der Waals surface area contributed by atoms with E-state index in [1.54, 1.807) is 0 Å². The Hall–Kier alpha value is -1.31. The van der Waals surface area contributed by atoms with Gasteiger partial charge in [0.05, 0.1) is 5.52 Å². The van der Waals surface area contributed by atoms with Gasteiger partial charge in [-0.2, -0.15) is 5.10 Å². The summed E-state index contributed by atoms with van der Waals surface area (Å²) in [5, 5.41) is 5.84. The molecule has 0 aliphatic heterocycles. The fraction of sp³-hybridized carbons (Fsp3) is 0.462. The molecule has 0 unspecified atom stereocenters. The lowest BCUT2D eigenvalue weighted by molar-refractivity contribution is 0.677. The smallest absolute Gasteiger partial charge is 0.0926 e. The van der Waals surface area contributed by atoms with Gasteiger partial charge in [-0.25, -0.2) is 0 Å². The second kappa shape index (κ2) is 3.69. The summed E-state index contributed by atoms with van der Waals surface area (Å²) in [5.74, 6) is 0.520. The molecule has 0 saturated carbocycles. The minimum atomic E-state index is 0.520. The maximum atomic E-state index is 4.53. The topological polar surface area (TPSA) is 17.8 Å². The highest BCUT2D eigenvalue weighted by atomic mass is 15.3. The summed E-state index contributed by atoms with van der Waals surface area (Å²) in [6.45, 7) is 6.62. The van der Waals surface area contributed by atoms with Crippen molar-refractivity contribution < 1.29 is 0 Å². The summed E-state index contributed by atoms with van der Waals surface area (Å²) < 4.78 is 2.01. The van der Waals surface area contributed by atoms with Crippen LogP contribution in [-0.4, -0.2) is 9.78 Å². The lowest BCUT2D eigenvalue weighted by atomic mass is 10.0. The normalized spacial score (nSPS) is 11.5. The first-order chi connectivity index (χ1) is 7.13. The van der Waals surface area contributed by atoms with Crippen molar-refractivity contribution in [3.8, 4) is 0 Å². The average Bonchev–Trinajstić information content (AvgIpc) is 2.52. The van der Waals surface area contributed by atoms with Crippen LogP contribution in [0.25, 0.3) is 10.9 Å². The summed E-state index contributed by atoms with van der Waals surface area (Å²) in [5.41, 5.74) is 3.83. The van der Waals surface area contributed by atoms with Gasteiger partial charge in [0.25, 0.3) is 0 Å². The fourth-order valence-corrected chi connectivity index (χ4v) is 2.17. The maximum Gasteiger partial charge on any atom is 0.0926 e. The van der Waals surface area contributed by atoms with E-state index < -0.39 is 0 Å². The van der Waals surface area contributed by atoms with Gasteiger partial charge in [-0.15, -0.1) is 0 Å². The van der Waals surface area contributed by atoms with Crippen molar-refractivity contribution >= 4 is 10.9 Å². The van der Waals surface area contributed by atoms with Gasteiger partial charge in [-0.05, 0) is 30.0 Å². The predicted molar refractivity (Wildman–Crippen MR) is 64.2 cm³/mol. The van der Waals surface area contributed by atoms with Gasteiger partial charge in [0.1, 0.15) is 0 Å². The maximum absolute atomic E-state index is 4.53. The van der Waals surface area contributed by atoms with E-state index in [9.17, 15) is 0 Å². The lowest BCUT2D eigenvalue weighted by Gasteiger charge is -2.06. The molecule has 2 aromatic rings. The van der Waals surface area contributed by atoms with Gasteiger partial charge in [-0.1, -0.05) is 26.8 Å². The molecule has 0 radical (unpaired) electrons. The molecule has 0 bridgehead atoms. The zero-order valence-corrected chi connectivity index (χ0v) is 9.91. The molecule has 0 amide bonds. The van der Waals surface area contributed by atoms with Crippen molar-refractivity contribution in [1.82, 2.24) is 9.78 Å². The van der Waals surface area contributed by atoms with Crippen LogP contribution >= 0.6 is 0 Å². The summed E-state index contributed by atoms with van der Waals surface area (Å²) in [4.78, 5) is 0. The summed E-state index contributed by atoms with van der Waals surface area (Å²) in [6.07, 6.45) is 1.09. The molecule has 15 heavy (non-hydrogen) atoms. The fourth-order valence-electron chi connectivity index (χ4n) is 2.17. The third-order valence-electron chi connectivity index (χ3n) is 2.90. The predicted octanol–water partition coefficient (Wildman–Crippen LogP) is 3.26. The number of rotatable bonds is 2.